The normalized spacial score (nSPS) is 27.2. The van der Waals surface area contributed by atoms with E-state index in [0.29, 0.717) is 12.5 Å². The van der Waals surface area contributed by atoms with Gasteiger partial charge in [-0.25, -0.2) is 21.6 Å². The van der Waals surface area contributed by atoms with Crippen molar-refractivity contribution in [2.45, 2.75) is 44.2 Å². The van der Waals surface area contributed by atoms with Gasteiger partial charge in [0.2, 0.25) is 20.0 Å². The maximum Gasteiger partial charge on any atom is 0.214 e. The predicted molar refractivity (Wildman–Crippen MR) is 120 cm³/mol. The summed E-state index contributed by atoms with van der Waals surface area (Å²) >= 11 is 0. The molecule has 3 aliphatic heterocycles. The van der Waals surface area contributed by atoms with Crippen LogP contribution in [-0.4, -0.2) is 77.4 Å². The van der Waals surface area contributed by atoms with Crippen LogP contribution in [0, 0.1) is 5.92 Å². The summed E-state index contributed by atoms with van der Waals surface area (Å²) in [6, 6.07) is 6.47. The molecule has 1 aromatic carbocycles. The molecule has 0 saturated carbocycles. The van der Waals surface area contributed by atoms with Gasteiger partial charge in [-0.15, -0.1) is 0 Å². The fraction of sp³-hybridized carbons (Fsp3) is 0.714. The molecule has 0 unspecified atom stereocenters. The quantitative estimate of drug-likeness (QED) is 0.603. The van der Waals surface area contributed by atoms with E-state index in [1.165, 1.54) is 11.1 Å². The van der Waals surface area contributed by atoms with Crippen LogP contribution in [0.4, 0.5) is 0 Å². The number of nitrogens with zero attached hydrogens (tertiary/aromatic N) is 2. The number of benzene rings is 1. The first kappa shape index (κ1) is 23.0. The summed E-state index contributed by atoms with van der Waals surface area (Å²) in [5.41, 5.74) is 2.60. The topological polar surface area (TPSA) is 96.0 Å². The number of rotatable bonds is 7. The Hall–Kier alpha value is -1.20. The zero-order valence-corrected chi connectivity index (χ0v) is 19.9. The largest absolute Gasteiger partial charge is 0.497 e. The van der Waals surface area contributed by atoms with Crippen LogP contribution in [0.15, 0.2) is 18.2 Å². The molecule has 0 radical (unpaired) electrons. The first-order valence-electron chi connectivity index (χ1n) is 11.0. The molecular formula is C21H33N3O5S2. The lowest BCUT2D eigenvalue weighted by atomic mass is 9.77. The van der Waals surface area contributed by atoms with Gasteiger partial charge in [-0.05, 0) is 61.3 Å². The minimum absolute atomic E-state index is 0.0000167. The van der Waals surface area contributed by atoms with Crippen molar-refractivity contribution in [2.24, 2.45) is 5.92 Å². The second kappa shape index (κ2) is 8.97. The predicted octanol–water partition coefficient (Wildman–Crippen LogP) is 1.35. The zero-order valence-electron chi connectivity index (χ0n) is 18.3. The molecule has 8 nitrogen and oxygen atoms in total. The standard InChI is InChI=1S/C21H33N3O5S2/c1-29-18-7-6-16-8-11-23-15-17-5-3-10-24(20(17)14-21(23)19(16)13-18)31(27,28)12-4-9-22-30(2,25)26/h6-7,13,17,20-22H,3-5,8-12,14-15H2,1-2H3/t17-,20+,21-/m0/s1. The Bertz CT molecular complexity index is 1010. The molecule has 4 rings (SSSR count). The van der Waals surface area contributed by atoms with Gasteiger partial charge < -0.3 is 4.74 Å². The third kappa shape index (κ3) is 5.08. The monoisotopic (exact) mass is 471 g/mol. The lowest BCUT2D eigenvalue weighted by Crippen LogP contribution is -2.57. The number of nitrogens with one attached hydrogen (secondary N) is 1. The van der Waals surface area contributed by atoms with Crippen molar-refractivity contribution in [3.63, 3.8) is 0 Å². The third-order valence-electron chi connectivity index (χ3n) is 6.92. The summed E-state index contributed by atoms with van der Waals surface area (Å²) in [5, 5.41) is 0. The summed E-state index contributed by atoms with van der Waals surface area (Å²) in [6.45, 7) is 2.63. The van der Waals surface area contributed by atoms with Crippen LogP contribution >= 0.6 is 0 Å². The van der Waals surface area contributed by atoms with Gasteiger partial charge in [0.05, 0.1) is 19.1 Å². The van der Waals surface area contributed by atoms with Crippen molar-refractivity contribution in [3.05, 3.63) is 29.3 Å². The second-order valence-corrected chi connectivity index (χ2v) is 12.9. The van der Waals surface area contributed by atoms with E-state index in [9.17, 15) is 16.8 Å². The summed E-state index contributed by atoms with van der Waals surface area (Å²) in [5.74, 6) is 1.16. The van der Waals surface area contributed by atoms with Gasteiger partial charge in [0, 0.05) is 38.3 Å². The van der Waals surface area contributed by atoms with Crippen LogP contribution in [0.2, 0.25) is 0 Å². The van der Waals surface area contributed by atoms with E-state index in [4.69, 9.17) is 4.74 Å². The summed E-state index contributed by atoms with van der Waals surface area (Å²) in [4.78, 5) is 2.52. The highest BCUT2D eigenvalue weighted by molar-refractivity contribution is 7.89. The minimum atomic E-state index is -3.44. The minimum Gasteiger partial charge on any atom is -0.497 e. The van der Waals surface area contributed by atoms with E-state index in [-0.39, 0.29) is 30.8 Å². The number of hydrogen-bond acceptors (Lipinski definition) is 6. The Balaban J connectivity index is 1.51. The Morgan fingerprint density at radius 2 is 2.00 bits per heavy atom. The fourth-order valence-electron chi connectivity index (χ4n) is 5.48. The number of fused-ring (bicyclic) bond motifs is 4. The molecule has 1 N–H and O–H groups in total. The van der Waals surface area contributed by atoms with Crippen LogP contribution in [0.25, 0.3) is 0 Å². The maximum atomic E-state index is 13.2. The molecule has 0 aliphatic carbocycles. The van der Waals surface area contributed by atoms with Crippen LogP contribution in [0.3, 0.4) is 0 Å². The van der Waals surface area contributed by atoms with Crippen LogP contribution in [-0.2, 0) is 26.5 Å². The van der Waals surface area contributed by atoms with E-state index in [1.54, 1.807) is 11.4 Å². The Morgan fingerprint density at radius 1 is 1.19 bits per heavy atom. The Labute approximate surface area is 186 Å². The molecule has 2 fully saturated rings. The highest BCUT2D eigenvalue weighted by atomic mass is 32.2. The SMILES string of the molecule is COc1ccc2c(c1)[C@@H]1C[C@@H]3[C@@H](CCCN3S(=O)(=O)CCCNS(C)(=O)=O)CN1CC2. The number of piperidine rings is 2. The molecule has 10 heteroatoms. The molecule has 0 spiro atoms. The lowest BCUT2D eigenvalue weighted by molar-refractivity contribution is 0.0219. The number of sulfonamides is 2. The highest BCUT2D eigenvalue weighted by Gasteiger charge is 2.45. The molecule has 3 aliphatic rings. The van der Waals surface area contributed by atoms with Crippen molar-refractivity contribution in [1.82, 2.24) is 13.9 Å². The smallest absolute Gasteiger partial charge is 0.214 e. The van der Waals surface area contributed by atoms with Gasteiger partial charge in [-0.2, -0.15) is 4.31 Å². The fourth-order valence-corrected chi connectivity index (χ4v) is 7.82. The average Bonchev–Trinajstić information content (AvgIpc) is 2.73. The molecule has 3 atom stereocenters. The van der Waals surface area contributed by atoms with Crippen molar-refractivity contribution in [2.75, 3.05) is 45.3 Å². The molecule has 0 amide bonds. The molecule has 1 aromatic rings. The molecule has 174 valence electrons. The summed E-state index contributed by atoms with van der Waals surface area (Å²) in [6.07, 6.45) is 5.11. The maximum absolute atomic E-state index is 13.2. The van der Waals surface area contributed by atoms with Gasteiger partial charge in [-0.1, -0.05) is 6.07 Å². The number of methoxy groups -OCH3 is 1. The van der Waals surface area contributed by atoms with E-state index < -0.39 is 20.0 Å². The number of ether oxygens (including phenoxy) is 1. The number of hydrogen-bond donors (Lipinski definition) is 1. The molecular weight excluding hydrogens is 438 g/mol. The lowest BCUT2D eigenvalue weighted by Gasteiger charge is -2.51. The van der Waals surface area contributed by atoms with Gasteiger partial charge in [0.1, 0.15) is 5.75 Å². The van der Waals surface area contributed by atoms with E-state index >= 15 is 0 Å². The molecule has 3 heterocycles. The van der Waals surface area contributed by atoms with Gasteiger partial charge in [-0.3, -0.25) is 4.90 Å². The van der Waals surface area contributed by atoms with E-state index in [0.717, 1.165) is 50.8 Å². The molecule has 31 heavy (non-hydrogen) atoms. The van der Waals surface area contributed by atoms with Gasteiger partial charge in [0.15, 0.2) is 0 Å². The van der Waals surface area contributed by atoms with E-state index in [1.807, 2.05) is 6.07 Å². The van der Waals surface area contributed by atoms with E-state index in [2.05, 4.69) is 21.8 Å². The summed E-state index contributed by atoms with van der Waals surface area (Å²) in [7, 11) is -5.08. The van der Waals surface area contributed by atoms with Crippen molar-refractivity contribution >= 4 is 20.0 Å². The third-order valence-corrected chi connectivity index (χ3v) is 9.62. The second-order valence-electron chi connectivity index (χ2n) is 8.98. The Morgan fingerprint density at radius 3 is 2.74 bits per heavy atom. The highest BCUT2D eigenvalue weighted by Crippen LogP contribution is 2.44. The van der Waals surface area contributed by atoms with Gasteiger partial charge in [0.25, 0.3) is 0 Å². The van der Waals surface area contributed by atoms with Crippen molar-refractivity contribution < 1.29 is 21.6 Å². The first-order valence-corrected chi connectivity index (χ1v) is 14.5. The van der Waals surface area contributed by atoms with Gasteiger partial charge >= 0.3 is 0 Å². The Kier molecular flexibility index (Phi) is 6.65. The molecule has 2 saturated heterocycles. The molecule has 0 bridgehead atoms. The van der Waals surface area contributed by atoms with Crippen molar-refractivity contribution in [3.8, 4) is 5.75 Å². The molecule has 0 aromatic heterocycles. The zero-order chi connectivity index (χ0) is 22.2. The van der Waals surface area contributed by atoms with Crippen LogP contribution in [0.1, 0.15) is 42.9 Å². The summed E-state index contributed by atoms with van der Waals surface area (Å²) < 4.78 is 58.4. The van der Waals surface area contributed by atoms with Crippen LogP contribution in [0.5, 0.6) is 5.75 Å². The van der Waals surface area contributed by atoms with Crippen molar-refractivity contribution in [1.29, 1.82) is 0 Å². The average molecular weight is 472 g/mol. The first-order chi connectivity index (χ1) is 14.7. The van der Waals surface area contributed by atoms with Crippen LogP contribution < -0.4 is 9.46 Å².